The minimum absolute atomic E-state index is 0.292. The van der Waals surface area contributed by atoms with Crippen LogP contribution in [0.3, 0.4) is 0 Å². The van der Waals surface area contributed by atoms with E-state index < -0.39 is 5.97 Å². The average Bonchev–Trinajstić information content (AvgIpc) is 2.36. The highest BCUT2D eigenvalue weighted by atomic mass is 16.4. The van der Waals surface area contributed by atoms with Crippen molar-refractivity contribution in [2.45, 2.75) is 26.2 Å². The molecule has 4 heteroatoms. The zero-order valence-corrected chi connectivity index (χ0v) is 10.6. The first-order chi connectivity index (χ1) is 9.04. The van der Waals surface area contributed by atoms with Gasteiger partial charge >= 0.3 is 5.97 Å². The second-order valence-corrected chi connectivity index (χ2v) is 5.25. The molecule has 0 aliphatic heterocycles. The molecule has 0 radical (unpaired) electrons. The van der Waals surface area contributed by atoms with Crippen LogP contribution in [-0.2, 0) is 12.8 Å². The molecule has 1 aromatic carbocycles. The van der Waals surface area contributed by atoms with Crippen molar-refractivity contribution < 1.29 is 14.3 Å². The number of fused-ring (bicyclic) bond motifs is 2. The number of carboxylic acid groups (broad SMARTS) is 1. The highest BCUT2D eigenvalue weighted by Crippen LogP contribution is 2.28. The van der Waals surface area contributed by atoms with Crippen LogP contribution >= 0.6 is 0 Å². The number of aryl methyl sites for hydroxylation is 1. The minimum Gasteiger partial charge on any atom is -0.475 e. The van der Waals surface area contributed by atoms with Crippen molar-refractivity contribution in [2.75, 3.05) is 0 Å². The molecule has 1 atom stereocenters. The molecule has 0 saturated carbocycles. The Bertz CT molecular complexity index is 727. The summed E-state index contributed by atoms with van der Waals surface area (Å²) < 4.78 is 5.30. The summed E-state index contributed by atoms with van der Waals surface area (Å²) in [5.74, 6) is -0.901. The van der Waals surface area contributed by atoms with E-state index in [9.17, 15) is 9.59 Å². The molecule has 0 amide bonds. The highest BCUT2D eigenvalue weighted by Gasteiger charge is 2.18. The van der Waals surface area contributed by atoms with Crippen molar-refractivity contribution in [3.8, 4) is 0 Å². The van der Waals surface area contributed by atoms with E-state index in [1.165, 1.54) is 5.56 Å². The second-order valence-electron chi connectivity index (χ2n) is 5.25. The Morgan fingerprint density at radius 1 is 1.32 bits per heavy atom. The maximum absolute atomic E-state index is 11.9. The number of hydrogen-bond acceptors (Lipinski definition) is 3. The fraction of sp³-hybridized carbons (Fsp3) is 0.333. The van der Waals surface area contributed by atoms with E-state index in [0.717, 1.165) is 30.9 Å². The van der Waals surface area contributed by atoms with Crippen LogP contribution < -0.4 is 5.43 Å². The summed E-state index contributed by atoms with van der Waals surface area (Å²) in [6.45, 7) is 2.20. The van der Waals surface area contributed by atoms with Crippen LogP contribution in [0.5, 0.6) is 0 Å². The van der Waals surface area contributed by atoms with Gasteiger partial charge in [0.1, 0.15) is 5.58 Å². The fourth-order valence-corrected chi connectivity index (χ4v) is 2.70. The first-order valence-electron chi connectivity index (χ1n) is 6.37. The number of rotatable bonds is 1. The van der Waals surface area contributed by atoms with E-state index in [1.54, 1.807) is 0 Å². The molecule has 19 heavy (non-hydrogen) atoms. The number of benzene rings is 1. The van der Waals surface area contributed by atoms with Crippen LogP contribution in [0.2, 0.25) is 0 Å². The molecule has 1 aliphatic rings. The molecule has 3 rings (SSSR count). The molecular formula is C15H14O4. The molecule has 1 unspecified atom stereocenters. The molecule has 1 aromatic heterocycles. The quantitative estimate of drug-likeness (QED) is 0.853. The van der Waals surface area contributed by atoms with Gasteiger partial charge < -0.3 is 9.52 Å². The van der Waals surface area contributed by atoms with Crippen LogP contribution in [-0.4, -0.2) is 11.1 Å². The van der Waals surface area contributed by atoms with Crippen molar-refractivity contribution in [2.24, 2.45) is 5.92 Å². The molecule has 0 fully saturated rings. The first kappa shape index (κ1) is 12.0. The predicted molar refractivity (Wildman–Crippen MR) is 70.6 cm³/mol. The van der Waals surface area contributed by atoms with Crippen LogP contribution in [0.25, 0.3) is 11.0 Å². The van der Waals surface area contributed by atoms with E-state index in [1.807, 2.05) is 12.1 Å². The third kappa shape index (κ3) is 2.03. The van der Waals surface area contributed by atoms with Crippen molar-refractivity contribution in [1.82, 2.24) is 0 Å². The smallest absolute Gasteiger partial charge is 0.371 e. The Morgan fingerprint density at radius 2 is 2.11 bits per heavy atom. The zero-order chi connectivity index (χ0) is 13.6. The van der Waals surface area contributed by atoms with Crippen molar-refractivity contribution >= 4 is 16.9 Å². The van der Waals surface area contributed by atoms with Gasteiger partial charge in [0, 0.05) is 6.07 Å². The molecule has 1 N–H and O–H groups in total. The molecule has 0 spiro atoms. The number of aromatic carboxylic acids is 1. The topological polar surface area (TPSA) is 67.5 Å². The molecule has 0 saturated heterocycles. The Kier molecular flexibility index (Phi) is 2.66. The zero-order valence-electron chi connectivity index (χ0n) is 10.6. The molecule has 98 valence electrons. The predicted octanol–water partition coefficient (Wildman–Crippen LogP) is 2.62. The molecule has 1 aliphatic carbocycles. The van der Waals surface area contributed by atoms with Crippen LogP contribution in [0.4, 0.5) is 0 Å². The van der Waals surface area contributed by atoms with Crippen molar-refractivity contribution in [3.63, 3.8) is 0 Å². The van der Waals surface area contributed by atoms with Gasteiger partial charge in [-0.1, -0.05) is 6.92 Å². The largest absolute Gasteiger partial charge is 0.475 e. The average molecular weight is 258 g/mol. The standard InChI is InChI=1S/C15H14O4/c1-8-2-3-9-6-13-11(5-10(9)4-8)12(16)7-14(19-13)15(17)18/h5-8H,2-4H2,1H3,(H,17,18). The van der Waals surface area contributed by atoms with Gasteiger partial charge in [-0.3, -0.25) is 4.79 Å². The molecule has 4 nitrogen and oxygen atoms in total. The van der Waals surface area contributed by atoms with Gasteiger partial charge in [0.2, 0.25) is 5.76 Å². The lowest BCUT2D eigenvalue weighted by molar-refractivity contribution is 0.0663. The first-order valence-corrected chi connectivity index (χ1v) is 6.37. The Labute approximate surface area is 109 Å². The highest BCUT2D eigenvalue weighted by molar-refractivity contribution is 5.87. The SMILES string of the molecule is CC1CCc2cc3oc(C(=O)O)cc(=O)c3cc2C1. The van der Waals surface area contributed by atoms with Gasteiger partial charge in [0.25, 0.3) is 0 Å². The van der Waals surface area contributed by atoms with Crippen LogP contribution in [0.1, 0.15) is 35.0 Å². The van der Waals surface area contributed by atoms with Gasteiger partial charge in [-0.05, 0) is 48.4 Å². The maximum Gasteiger partial charge on any atom is 0.371 e. The monoisotopic (exact) mass is 258 g/mol. The minimum atomic E-state index is -1.22. The summed E-state index contributed by atoms with van der Waals surface area (Å²) in [7, 11) is 0. The summed E-state index contributed by atoms with van der Waals surface area (Å²) in [5, 5.41) is 9.38. The number of carboxylic acids is 1. The summed E-state index contributed by atoms with van der Waals surface area (Å²) in [5.41, 5.74) is 2.43. The lowest BCUT2D eigenvalue weighted by atomic mass is 9.84. The Morgan fingerprint density at radius 3 is 2.84 bits per heavy atom. The van der Waals surface area contributed by atoms with Gasteiger partial charge in [-0.15, -0.1) is 0 Å². The molecule has 0 bridgehead atoms. The Hall–Kier alpha value is -2.10. The third-order valence-electron chi connectivity index (χ3n) is 3.74. The normalized spacial score (nSPS) is 18.3. The van der Waals surface area contributed by atoms with E-state index in [-0.39, 0.29) is 11.2 Å². The lowest BCUT2D eigenvalue weighted by Gasteiger charge is -2.21. The van der Waals surface area contributed by atoms with Crippen LogP contribution in [0.15, 0.2) is 27.4 Å². The maximum atomic E-state index is 11.9. The van der Waals surface area contributed by atoms with E-state index in [4.69, 9.17) is 9.52 Å². The lowest BCUT2D eigenvalue weighted by Crippen LogP contribution is -2.13. The van der Waals surface area contributed by atoms with E-state index >= 15 is 0 Å². The summed E-state index contributed by atoms with van der Waals surface area (Å²) in [4.78, 5) is 22.8. The number of carbonyl (C=O) groups is 1. The van der Waals surface area contributed by atoms with Crippen molar-refractivity contribution in [1.29, 1.82) is 0 Å². The van der Waals surface area contributed by atoms with Crippen molar-refractivity contribution in [3.05, 3.63) is 45.3 Å². The van der Waals surface area contributed by atoms with E-state index in [0.29, 0.717) is 16.9 Å². The van der Waals surface area contributed by atoms with Gasteiger partial charge in [0.15, 0.2) is 5.43 Å². The Balaban J connectivity index is 2.25. The third-order valence-corrected chi connectivity index (χ3v) is 3.74. The fourth-order valence-electron chi connectivity index (χ4n) is 2.70. The summed E-state index contributed by atoms with van der Waals surface area (Å²) in [6.07, 6.45) is 3.03. The van der Waals surface area contributed by atoms with Gasteiger partial charge in [-0.2, -0.15) is 0 Å². The molecule has 1 heterocycles. The summed E-state index contributed by atoms with van der Waals surface area (Å²) >= 11 is 0. The summed E-state index contributed by atoms with van der Waals surface area (Å²) in [6, 6.07) is 4.73. The number of hydrogen-bond donors (Lipinski definition) is 1. The van der Waals surface area contributed by atoms with Gasteiger partial charge in [-0.25, -0.2) is 4.79 Å². The molecule has 2 aromatic rings. The molecular weight excluding hydrogens is 244 g/mol. The van der Waals surface area contributed by atoms with E-state index in [2.05, 4.69) is 6.92 Å². The van der Waals surface area contributed by atoms with Gasteiger partial charge in [0.05, 0.1) is 5.39 Å². The second kappa shape index (κ2) is 4.23. The van der Waals surface area contributed by atoms with Crippen LogP contribution in [0, 0.1) is 5.92 Å².